The summed E-state index contributed by atoms with van der Waals surface area (Å²) in [5.41, 5.74) is 3.58. The zero-order chi connectivity index (χ0) is 13.8. The van der Waals surface area contributed by atoms with Crippen molar-refractivity contribution in [1.82, 2.24) is 0 Å². The van der Waals surface area contributed by atoms with Crippen molar-refractivity contribution in [2.45, 2.75) is 39.0 Å². The van der Waals surface area contributed by atoms with E-state index in [0.717, 1.165) is 29.7 Å². The van der Waals surface area contributed by atoms with E-state index in [1.807, 2.05) is 6.07 Å². The summed E-state index contributed by atoms with van der Waals surface area (Å²) in [7, 11) is 0. The van der Waals surface area contributed by atoms with Crippen LogP contribution in [0.5, 0.6) is 0 Å². The summed E-state index contributed by atoms with van der Waals surface area (Å²) in [5, 5.41) is -0.123. The lowest BCUT2D eigenvalue weighted by atomic mass is 9.99. The molecule has 1 atom stereocenters. The lowest BCUT2D eigenvalue weighted by Gasteiger charge is -2.11. The molecular formula is C17H21ClO. The Morgan fingerprint density at radius 1 is 1.11 bits per heavy atom. The normalized spacial score (nSPS) is 12.9. The average Bonchev–Trinajstić information content (AvgIpc) is 2.86. The molecule has 2 aromatic rings. The molecule has 0 spiro atoms. The maximum Gasteiger partial charge on any atom is 0.108 e. The predicted molar refractivity (Wildman–Crippen MR) is 80.8 cm³/mol. The number of alkyl halides is 1. The lowest BCUT2D eigenvalue weighted by molar-refractivity contribution is 0.512. The number of halogens is 1. The van der Waals surface area contributed by atoms with Gasteiger partial charge in [0.1, 0.15) is 5.76 Å². The smallest absolute Gasteiger partial charge is 0.108 e. The van der Waals surface area contributed by atoms with Crippen LogP contribution in [0.1, 0.15) is 48.6 Å². The molecule has 102 valence electrons. The Balaban J connectivity index is 2.18. The van der Waals surface area contributed by atoms with Crippen LogP contribution in [-0.4, -0.2) is 0 Å². The summed E-state index contributed by atoms with van der Waals surface area (Å²) >= 11 is 6.55. The first-order chi connectivity index (χ1) is 9.11. The third-order valence-electron chi connectivity index (χ3n) is 3.29. The van der Waals surface area contributed by atoms with Gasteiger partial charge in [0.15, 0.2) is 0 Å². The Kier molecular flexibility index (Phi) is 4.71. The van der Waals surface area contributed by atoms with Gasteiger partial charge in [-0.25, -0.2) is 0 Å². The van der Waals surface area contributed by atoms with Crippen LogP contribution in [0.15, 0.2) is 41.0 Å². The Morgan fingerprint density at radius 3 is 2.37 bits per heavy atom. The fourth-order valence-corrected chi connectivity index (χ4v) is 2.68. The first-order valence-electron chi connectivity index (χ1n) is 6.91. The Bertz CT molecular complexity index is 510. The molecule has 0 N–H and O–H groups in total. The molecule has 1 heterocycles. The van der Waals surface area contributed by atoms with Gasteiger partial charge in [0.25, 0.3) is 0 Å². The van der Waals surface area contributed by atoms with Crippen molar-refractivity contribution in [1.29, 1.82) is 0 Å². The van der Waals surface area contributed by atoms with Gasteiger partial charge in [0, 0.05) is 12.0 Å². The van der Waals surface area contributed by atoms with E-state index in [4.69, 9.17) is 16.0 Å². The van der Waals surface area contributed by atoms with Crippen LogP contribution >= 0.6 is 11.6 Å². The van der Waals surface area contributed by atoms with E-state index >= 15 is 0 Å². The van der Waals surface area contributed by atoms with Crippen LogP contribution in [0.25, 0.3) is 0 Å². The first kappa shape index (κ1) is 14.2. The van der Waals surface area contributed by atoms with Gasteiger partial charge in [-0.3, -0.25) is 0 Å². The van der Waals surface area contributed by atoms with Crippen LogP contribution in [0.2, 0.25) is 0 Å². The highest BCUT2D eigenvalue weighted by Crippen LogP contribution is 2.32. The second-order valence-electron chi connectivity index (χ2n) is 5.35. The number of hydrogen-bond donors (Lipinski definition) is 0. The molecule has 0 saturated carbocycles. The first-order valence-corrected chi connectivity index (χ1v) is 7.34. The molecule has 0 saturated heterocycles. The van der Waals surface area contributed by atoms with Gasteiger partial charge < -0.3 is 4.42 Å². The summed E-state index contributed by atoms with van der Waals surface area (Å²) in [6.07, 6.45) is 3.70. The van der Waals surface area contributed by atoms with Crippen molar-refractivity contribution >= 4 is 11.6 Å². The highest BCUT2D eigenvalue weighted by molar-refractivity contribution is 6.22. The summed E-state index contributed by atoms with van der Waals surface area (Å²) in [4.78, 5) is 0. The molecule has 0 amide bonds. The summed E-state index contributed by atoms with van der Waals surface area (Å²) in [6, 6.07) is 10.6. The molecule has 1 aromatic carbocycles. The highest BCUT2D eigenvalue weighted by Gasteiger charge is 2.16. The SMILES string of the molecule is CCc1occc1C(Cl)c1ccc(CC(C)C)cc1. The summed E-state index contributed by atoms with van der Waals surface area (Å²) < 4.78 is 5.45. The van der Waals surface area contributed by atoms with Crippen LogP contribution in [0, 0.1) is 5.92 Å². The van der Waals surface area contributed by atoms with Crippen molar-refractivity contribution < 1.29 is 4.42 Å². The van der Waals surface area contributed by atoms with E-state index in [0.29, 0.717) is 5.92 Å². The summed E-state index contributed by atoms with van der Waals surface area (Å²) in [5.74, 6) is 1.66. The monoisotopic (exact) mass is 276 g/mol. The topological polar surface area (TPSA) is 13.1 Å². The van der Waals surface area contributed by atoms with E-state index in [1.165, 1.54) is 5.56 Å². The minimum Gasteiger partial charge on any atom is -0.469 e. The van der Waals surface area contributed by atoms with Crippen molar-refractivity contribution in [2.24, 2.45) is 5.92 Å². The lowest BCUT2D eigenvalue weighted by Crippen LogP contribution is -1.97. The maximum absolute atomic E-state index is 6.55. The zero-order valence-electron chi connectivity index (χ0n) is 11.8. The van der Waals surface area contributed by atoms with E-state index in [1.54, 1.807) is 6.26 Å². The Hall–Kier alpha value is -1.21. The molecule has 1 unspecified atom stereocenters. The van der Waals surface area contributed by atoms with Gasteiger partial charge in [-0.15, -0.1) is 11.6 Å². The predicted octanol–water partition coefficient (Wildman–Crippen LogP) is 5.37. The molecule has 0 aliphatic heterocycles. The van der Waals surface area contributed by atoms with Crippen molar-refractivity contribution in [2.75, 3.05) is 0 Å². The zero-order valence-corrected chi connectivity index (χ0v) is 12.6. The van der Waals surface area contributed by atoms with Crippen molar-refractivity contribution in [3.05, 3.63) is 59.0 Å². The molecular weight excluding hydrogens is 256 g/mol. The third kappa shape index (κ3) is 3.42. The van der Waals surface area contributed by atoms with Gasteiger partial charge in [-0.2, -0.15) is 0 Å². The minimum absolute atomic E-state index is 0.123. The van der Waals surface area contributed by atoms with Crippen LogP contribution in [0.3, 0.4) is 0 Å². The third-order valence-corrected chi connectivity index (χ3v) is 3.78. The average molecular weight is 277 g/mol. The fourth-order valence-electron chi connectivity index (χ4n) is 2.34. The number of aryl methyl sites for hydroxylation is 1. The second kappa shape index (κ2) is 6.29. The number of furan rings is 1. The van der Waals surface area contributed by atoms with Crippen LogP contribution in [0.4, 0.5) is 0 Å². The largest absolute Gasteiger partial charge is 0.469 e. The van der Waals surface area contributed by atoms with Gasteiger partial charge in [-0.05, 0) is 29.5 Å². The fraction of sp³-hybridized carbons (Fsp3) is 0.412. The molecule has 0 bridgehead atoms. The molecule has 0 aliphatic carbocycles. The Morgan fingerprint density at radius 2 is 1.79 bits per heavy atom. The highest BCUT2D eigenvalue weighted by atomic mass is 35.5. The van der Waals surface area contributed by atoms with Crippen molar-refractivity contribution in [3.8, 4) is 0 Å². The molecule has 2 rings (SSSR count). The number of rotatable bonds is 5. The number of benzene rings is 1. The van der Waals surface area contributed by atoms with Gasteiger partial charge in [0.2, 0.25) is 0 Å². The molecule has 0 radical (unpaired) electrons. The molecule has 0 aliphatic rings. The maximum atomic E-state index is 6.55. The standard InChI is InChI=1S/C17H21ClO/c1-4-16-15(9-10-19-16)17(18)14-7-5-13(6-8-14)11-12(2)3/h5-10,12,17H,4,11H2,1-3H3. The number of hydrogen-bond acceptors (Lipinski definition) is 1. The molecule has 0 fully saturated rings. The molecule has 1 aromatic heterocycles. The quantitative estimate of drug-likeness (QED) is 0.669. The van der Waals surface area contributed by atoms with E-state index in [2.05, 4.69) is 45.0 Å². The van der Waals surface area contributed by atoms with Gasteiger partial charge in [0.05, 0.1) is 11.6 Å². The van der Waals surface area contributed by atoms with Crippen molar-refractivity contribution in [3.63, 3.8) is 0 Å². The molecule has 2 heteroatoms. The van der Waals surface area contributed by atoms with Gasteiger partial charge in [-0.1, -0.05) is 45.0 Å². The van der Waals surface area contributed by atoms with Crippen LogP contribution < -0.4 is 0 Å². The molecule has 19 heavy (non-hydrogen) atoms. The second-order valence-corrected chi connectivity index (χ2v) is 5.79. The van der Waals surface area contributed by atoms with Gasteiger partial charge >= 0.3 is 0 Å². The summed E-state index contributed by atoms with van der Waals surface area (Å²) in [6.45, 7) is 6.55. The van der Waals surface area contributed by atoms with Crippen LogP contribution in [-0.2, 0) is 12.8 Å². The Labute approximate surface area is 120 Å². The van der Waals surface area contributed by atoms with E-state index in [9.17, 15) is 0 Å². The minimum atomic E-state index is -0.123. The van der Waals surface area contributed by atoms with E-state index in [-0.39, 0.29) is 5.38 Å². The molecule has 1 nitrogen and oxygen atoms in total. The van der Waals surface area contributed by atoms with E-state index < -0.39 is 0 Å².